The summed E-state index contributed by atoms with van der Waals surface area (Å²) < 4.78 is 0. The summed E-state index contributed by atoms with van der Waals surface area (Å²) in [6.07, 6.45) is 1.59. The van der Waals surface area contributed by atoms with Crippen molar-refractivity contribution in [2.75, 3.05) is 5.32 Å². The minimum Gasteiger partial charge on any atom is -0.340 e. The van der Waals surface area contributed by atoms with Crippen LogP contribution in [0.15, 0.2) is 24.5 Å². The zero-order valence-electron chi connectivity index (χ0n) is 11.9. The van der Waals surface area contributed by atoms with Crippen LogP contribution in [0.4, 0.5) is 11.5 Å². The first kappa shape index (κ1) is 16.0. The van der Waals surface area contributed by atoms with Gasteiger partial charge in [-0.1, -0.05) is 17.7 Å². The van der Waals surface area contributed by atoms with Crippen LogP contribution in [0, 0.1) is 20.8 Å². The van der Waals surface area contributed by atoms with Crippen molar-refractivity contribution in [2.24, 2.45) is 0 Å². The van der Waals surface area contributed by atoms with Gasteiger partial charge in [0.2, 0.25) is 0 Å². The van der Waals surface area contributed by atoms with E-state index < -0.39 is 0 Å². The SMILES string of the molecule is Cc1ccc(Nc2ncnc3sc(C)c(C)c23)cc1Cl.Cl. The van der Waals surface area contributed by atoms with E-state index in [4.69, 9.17) is 11.6 Å². The Kier molecular flexibility index (Phi) is 4.71. The fraction of sp³-hybridized carbons (Fsp3) is 0.200. The van der Waals surface area contributed by atoms with Gasteiger partial charge in [0, 0.05) is 15.6 Å². The average molecular weight is 340 g/mol. The first-order valence-electron chi connectivity index (χ1n) is 6.30. The van der Waals surface area contributed by atoms with Crippen LogP contribution in [0.2, 0.25) is 5.02 Å². The number of hydrogen-bond donors (Lipinski definition) is 1. The van der Waals surface area contributed by atoms with Gasteiger partial charge in [-0.3, -0.25) is 0 Å². The molecule has 3 aromatic rings. The molecule has 0 aliphatic rings. The molecule has 1 aromatic carbocycles. The molecule has 21 heavy (non-hydrogen) atoms. The summed E-state index contributed by atoms with van der Waals surface area (Å²) in [6.45, 7) is 6.19. The molecule has 2 aromatic heterocycles. The third kappa shape index (κ3) is 2.98. The highest BCUT2D eigenvalue weighted by molar-refractivity contribution is 7.18. The molecule has 0 saturated heterocycles. The maximum atomic E-state index is 6.16. The quantitative estimate of drug-likeness (QED) is 0.675. The summed E-state index contributed by atoms with van der Waals surface area (Å²) in [6, 6.07) is 5.91. The molecule has 110 valence electrons. The largest absolute Gasteiger partial charge is 0.340 e. The lowest BCUT2D eigenvalue weighted by molar-refractivity contribution is 1.22. The molecule has 0 radical (unpaired) electrons. The molecule has 6 heteroatoms. The molecule has 0 unspecified atom stereocenters. The van der Waals surface area contributed by atoms with Gasteiger partial charge in [0.1, 0.15) is 17.0 Å². The van der Waals surface area contributed by atoms with Crippen molar-refractivity contribution in [2.45, 2.75) is 20.8 Å². The summed E-state index contributed by atoms with van der Waals surface area (Å²) in [5.41, 5.74) is 3.22. The summed E-state index contributed by atoms with van der Waals surface area (Å²) >= 11 is 7.85. The normalized spacial score (nSPS) is 10.5. The van der Waals surface area contributed by atoms with Crippen LogP contribution in [-0.2, 0) is 0 Å². The van der Waals surface area contributed by atoms with Gasteiger partial charge in [-0.15, -0.1) is 23.7 Å². The van der Waals surface area contributed by atoms with E-state index in [1.54, 1.807) is 17.7 Å². The number of anilines is 2. The van der Waals surface area contributed by atoms with E-state index in [1.807, 2.05) is 25.1 Å². The van der Waals surface area contributed by atoms with Gasteiger partial charge in [-0.2, -0.15) is 0 Å². The first-order valence-corrected chi connectivity index (χ1v) is 7.49. The highest BCUT2D eigenvalue weighted by Crippen LogP contribution is 2.34. The Hall–Kier alpha value is -1.36. The van der Waals surface area contributed by atoms with E-state index in [-0.39, 0.29) is 12.4 Å². The maximum absolute atomic E-state index is 6.16. The lowest BCUT2D eigenvalue weighted by Gasteiger charge is -2.08. The zero-order chi connectivity index (χ0) is 14.3. The number of thiophene rings is 1. The predicted octanol–water partition coefficient (Wildman–Crippen LogP) is 5.44. The van der Waals surface area contributed by atoms with Gasteiger partial charge < -0.3 is 5.32 Å². The van der Waals surface area contributed by atoms with E-state index in [2.05, 4.69) is 29.1 Å². The monoisotopic (exact) mass is 339 g/mol. The number of rotatable bonds is 2. The van der Waals surface area contributed by atoms with Crippen molar-refractivity contribution in [3.05, 3.63) is 45.6 Å². The smallest absolute Gasteiger partial charge is 0.142 e. The zero-order valence-corrected chi connectivity index (χ0v) is 14.3. The minimum atomic E-state index is 0. The molecule has 0 atom stereocenters. The lowest BCUT2D eigenvalue weighted by Crippen LogP contribution is -1.95. The van der Waals surface area contributed by atoms with E-state index >= 15 is 0 Å². The maximum Gasteiger partial charge on any atom is 0.142 e. The lowest BCUT2D eigenvalue weighted by atomic mass is 10.2. The van der Waals surface area contributed by atoms with E-state index in [9.17, 15) is 0 Å². The van der Waals surface area contributed by atoms with Crippen LogP contribution in [0.5, 0.6) is 0 Å². The fourth-order valence-corrected chi connectivity index (χ4v) is 3.26. The topological polar surface area (TPSA) is 37.8 Å². The third-order valence-corrected chi connectivity index (χ3v) is 4.92. The number of aromatic nitrogens is 2. The summed E-state index contributed by atoms with van der Waals surface area (Å²) in [5.74, 6) is 0.830. The van der Waals surface area contributed by atoms with Crippen molar-refractivity contribution in [3.8, 4) is 0 Å². The molecule has 0 spiro atoms. The molecule has 0 amide bonds. The molecule has 0 fully saturated rings. The molecule has 2 heterocycles. The number of nitrogens with zero attached hydrogens (tertiary/aromatic N) is 2. The standard InChI is InChI=1S/C15H14ClN3S.ClH/c1-8-4-5-11(6-12(8)16)19-14-13-9(2)10(3)20-15(13)18-7-17-14;/h4-7H,1-3H3,(H,17,18,19);1H. The van der Waals surface area contributed by atoms with E-state index in [0.29, 0.717) is 0 Å². The highest BCUT2D eigenvalue weighted by Gasteiger charge is 2.12. The van der Waals surface area contributed by atoms with Gasteiger partial charge in [-0.05, 0) is 44.0 Å². The molecule has 1 N–H and O–H groups in total. The number of aryl methyl sites for hydroxylation is 3. The Morgan fingerprint density at radius 1 is 1.14 bits per heavy atom. The predicted molar refractivity (Wildman–Crippen MR) is 93.6 cm³/mol. The average Bonchev–Trinajstić information content (AvgIpc) is 2.71. The van der Waals surface area contributed by atoms with Crippen LogP contribution < -0.4 is 5.32 Å². The molecule has 0 aliphatic heterocycles. The van der Waals surface area contributed by atoms with Gasteiger partial charge in [0.05, 0.1) is 5.39 Å². The molecule has 0 aliphatic carbocycles. The molecular weight excluding hydrogens is 325 g/mol. The van der Waals surface area contributed by atoms with Crippen molar-refractivity contribution >= 4 is 57.1 Å². The van der Waals surface area contributed by atoms with Crippen molar-refractivity contribution in [1.29, 1.82) is 0 Å². The highest BCUT2D eigenvalue weighted by atomic mass is 35.5. The number of benzene rings is 1. The third-order valence-electron chi connectivity index (χ3n) is 3.40. The first-order chi connectivity index (χ1) is 9.56. The summed E-state index contributed by atoms with van der Waals surface area (Å²) in [4.78, 5) is 11.0. The van der Waals surface area contributed by atoms with Crippen LogP contribution >= 0.6 is 35.3 Å². The molecule has 0 saturated carbocycles. The Morgan fingerprint density at radius 3 is 2.62 bits per heavy atom. The second kappa shape index (κ2) is 6.18. The van der Waals surface area contributed by atoms with Gasteiger partial charge >= 0.3 is 0 Å². The molecule has 3 nitrogen and oxygen atoms in total. The van der Waals surface area contributed by atoms with Gasteiger partial charge in [-0.25, -0.2) is 9.97 Å². The van der Waals surface area contributed by atoms with Crippen molar-refractivity contribution in [3.63, 3.8) is 0 Å². The van der Waals surface area contributed by atoms with Crippen LogP contribution in [-0.4, -0.2) is 9.97 Å². The molecular formula is C15H15Cl2N3S. The molecule has 3 rings (SSSR count). The Morgan fingerprint density at radius 2 is 1.90 bits per heavy atom. The van der Waals surface area contributed by atoms with Crippen molar-refractivity contribution in [1.82, 2.24) is 9.97 Å². The number of nitrogens with one attached hydrogen (secondary N) is 1. The Balaban J connectivity index is 0.00000161. The van der Waals surface area contributed by atoms with Gasteiger partial charge in [0.25, 0.3) is 0 Å². The second-order valence-corrected chi connectivity index (χ2v) is 6.39. The molecule has 0 bridgehead atoms. The number of hydrogen-bond acceptors (Lipinski definition) is 4. The van der Waals surface area contributed by atoms with E-state index in [0.717, 1.165) is 32.3 Å². The van der Waals surface area contributed by atoms with E-state index in [1.165, 1.54) is 10.4 Å². The minimum absolute atomic E-state index is 0. The fourth-order valence-electron chi connectivity index (χ4n) is 2.08. The van der Waals surface area contributed by atoms with Gasteiger partial charge in [0.15, 0.2) is 0 Å². The van der Waals surface area contributed by atoms with Crippen LogP contribution in [0.25, 0.3) is 10.2 Å². The Bertz CT molecular complexity index is 799. The second-order valence-electron chi connectivity index (χ2n) is 4.77. The van der Waals surface area contributed by atoms with Crippen LogP contribution in [0.1, 0.15) is 16.0 Å². The van der Waals surface area contributed by atoms with Crippen molar-refractivity contribution < 1.29 is 0 Å². The number of halogens is 2. The summed E-state index contributed by atoms with van der Waals surface area (Å²) in [7, 11) is 0. The summed E-state index contributed by atoms with van der Waals surface area (Å²) in [5, 5.41) is 5.18. The van der Waals surface area contributed by atoms with Crippen LogP contribution in [0.3, 0.4) is 0 Å². The Labute approximate surface area is 138 Å². The number of fused-ring (bicyclic) bond motifs is 1.